The summed E-state index contributed by atoms with van der Waals surface area (Å²) in [5, 5.41) is 7.75. The van der Waals surface area contributed by atoms with Crippen LogP contribution in [0, 0.1) is 0 Å². The molecular formula is C10H18O4S5. The lowest BCUT2D eigenvalue weighted by Gasteiger charge is -2.33. The number of hydrogen-bond acceptors (Lipinski definition) is 7. The van der Waals surface area contributed by atoms with Crippen molar-refractivity contribution in [1.82, 2.24) is 0 Å². The minimum atomic E-state index is -1.33. The molecule has 112 valence electrons. The molecule has 0 aromatic carbocycles. The van der Waals surface area contributed by atoms with E-state index >= 15 is 0 Å². The highest BCUT2D eigenvalue weighted by Crippen LogP contribution is 2.31. The number of carbonyl (C=O) groups excluding carboxylic acids is 1. The lowest BCUT2D eigenvalue weighted by Crippen LogP contribution is -2.45. The van der Waals surface area contributed by atoms with Crippen molar-refractivity contribution in [1.29, 1.82) is 0 Å². The maximum absolute atomic E-state index is 11.8. The second-order valence-corrected chi connectivity index (χ2v) is 6.66. The highest BCUT2D eigenvalue weighted by molar-refractivity contribution is 7.96. The molecule has 0 saturated heterocycles. The van der Waals surface area contributed by atoms with E-state index < -0.39 is 23.3 Å². The van der Waals surface area contributed by atoms with Gasteiger partial charge in [-0.05, 0) is 12.8 Å². The van der Waals surface area contributed by atoms with Crippen LogP contribution in [0.15, 0.2) is 0 Å². The van der Waals surface area contributed by atoms with E-state index in [2.05, 4.69) is 63.1 Å². The number of carboxylic acids is 1. The summed E-state index contributed by atoms with van der Waals surface area (Å²) in [6.07, 6.45) is 0.445. The summed E-state index contributed by atoms with van der Waals surface area (Å²) in [5.74, 6) is -0.289. The second-order valence-electron chi connectivity index (χ2n) is 4.06. The predicted molar refractivity (Wildman–Crippen MR) is 92.8 cm³/mol. The number of carbonyl (C=O) groups is 2. The molecule has 0 saturated carbocycles. The van der Waals surface area contributed by atoms with Gasteiger partial charge in [-0.1, -0.05) is 0 Å². The third kappa shape index (κ3) is 7.42. The summed E-state index contributed by atoms with van der Waals surface area (Å²) in [6, 6.07) is 0. The monoisotopic (exact) mass is 362 g/mol. The van der Waals surface area contributed by atoms with Gasteiger partial charge in [-0.15, -0.1) is 12.6 Å². The molecule has 0 heterocycles. The molecule has 0 bridgehead atoms. The first-order valence-corrected chi connectivity index (χ1v) is 8.19. The van der Waals surface area contributed by atoms with Crippen LogP contribution in [0.3, 0.4) is 0 Å². The van der Waals surface area contributed by atoms with Crippen LogP contribution in [0.5, 0.6) is 0 Å². The van der Waals surface area contributed by atoms with Crippen LogP contribution in [0.4, 0.5) is 0 Å². The van der Waals surface area contributed by atoms with E-state index in [1.165, 1.54) is 0 Å². The molecule has 9 heteroatoms. The second kappa shape index (κ2) is 9.73. The molecule has 1 N–H and O–H groups in total. The van der Waals surface area contributed by atoms with Gasteiger partial charge in [0.05, 0.1) is 0 Å². The van der Waals surface area contributed by atoms with Gasteiger partial charge in [0, 0.05) is 22.0 Å². The number of carboxylic acid groups (broad SMARTS) is 1. The van der Waals surface area contributed by atoms with Crippen LogP contribution in [-0.4, -0.2) is 50.4 Å². The lowest BCUT2D eigenvalue weighted by molar-refractivity contribution is -0.155. The molecule has 0 rings (SSSR count). The van der Waals surface area contributed by atoms with E-state index in [0.29, 0.717) is 11.5 Å². The van der Waals surface area contributed by atoms with Crippen molar-refractivity contribution < 1.29 is 19.4 Å². The summed E-state index contributed by atoms with van der Waals surface area (Å²) < 4.78 is 5.31. The first-order valence-electron chi connectivity index (χ1n) is 5.44. The van der Waals surface area contributed by atoms with Crippen molar-refractivity contribution in [2.75, 3.05) is 18.1 Å². The van der Waals surface area contributed by atoms with Crippen LogP contribution in [-0.2, 0) is 14.3 Å². The maximum Gasteiger partial charge on any atom is 0.329 e. The Hall–Kier alpha value is 0.850. The fourth-order valence-electron chi connectivity index (χ4n) is 1.53. The van der Waals surface area contributed by atoms with Gasteiger partial charge < -0.3 is 9.84 Å². The van der Waals surface area contributed by atoms with Crippen molar-refractivity contribution in [3.63, 3.8) is 0 Å². The summed E-state index contributed by atoms with van der Waals surface area (Å²) in [6.45, 7) is -0.577. The van der Waals surface area contributed by atoms with Gasteiger partial charge in [-0.2, -0.15) is 50.5 Å². The molecule has 0 amide bonds. The first kappa shape index (κ1) is 19.9. The predicted octanol–water partition coefficient (Wildman–Crippen LogP) is 1.52. The Morgan fingerprint density at radius 3 is 1.79 bits per heavy atom. The third-order valence-corrected chi connectivity index (χ3v) is 5.01. The Morgan fingerprint density at radius 1 is 1.11 bits per heavy atom. The van der Waals surface area contributed by atoms with Gasteiger partial charge in [0.15, 0.2) is 0 Å². The van der Waals surface area contributed by atoms with E-state index in [0.717, 1.165) is 0 Å². The van der Waals surface area contributed by atoms with Gasteiger partial charge >= 0.3 is 5.97 Å². The SMILES string of the molecule is O=C(O)COC(CC(S)CS)(CC(S)CS)C(=O)S. The quantitative estimate of drug-likeness (QED) is 0.334. The molecule has 2 atom stereocenters. The highest BCUT2D eigenvalue weighted by atomic mass is 32.1. The van der Waals surface area contributed by atoms with Crippen LogP contribution < -0.4 is 0 Å². The Kier molecular flexibility index (Phi) is 10.2. The van der Waals surface area contributed by atoms with Crippen molar-refractivity contribution >= 4 is 74.2 Å². The summed E-state index contributed by atoms with van der Waals surface area (Å²) in [7, 11) is 0. The van der Waals surface area contributed by atoms with Crippen LogP contribution in [0.25, 0.3) is 0 Å². The standard InChI is InChI=1S/C10H18O4S5/c11-8(12)3-14-10(9(13)19,1-6(17)4-15)2-7(18)5-16/h6-7,15-18H,1-5H2,(H,11,12)(H,13,19). The van der Waals surface area contributed by atoms with Gasteiger partial charge in [0.1, 0.15) is 12.2 Å². The average Bonchev–Trinajstić information content (AvgIpc) is 2.35. The van der Waals surface area contributed by atoms with Crippen LogP contribution in [0.2, 0.25) is 0 Å². The summed E-state index contributed by atoms with van der Waals surface area (Å²) >= 11 is 20.6. The molecular weight excluding hydrogens is 344 g/mol. The Balaban J connectivity index is 5.09. The number of ether oxygens (including phenoxy) is 1. The minimum absolute atomic E-state index is 0.214. The molecule has 0 aliphatic carbocycles. The van der Waals surface area contributed by atoms with Gasteiger partial charge in [0.2, 0.25) is 5.12 Å². The van der Waals surface area contributed by atoms with Crippen molar-refractivity contribution in [2.45, 2.75) is 28.9 Å². The summed E-state index contributed by atoms with van der Waals surface area (Å²) in [5.41, 5.74) is -1.33. The van der Waals surface area contributed by atoms with Crippen LogP contribution in [0.1, 0.15) is 12.8 Å². The molecule has 0 fully saturated rings. The summed E-state index contributed by atoms with van der Waals surface area (Å²) in [4.78, 5) is 22.5. The van der Waals surface area contributed by atoms with Gasteiger partial charge in [-0.3, -0.25) is 4.79 Å². The topological polar surface area (TPSA) is 63.6 Å². The zero-order valence-electron chi connectivity index (χ0n) is 10.1. The van der Waals surface area contributed by atoms with E-state index in [4.69, 9.17) is 9.84 Å². The van der Waals surface area contributed by atoms with Crippen molar-refractivity contribution in [3.8, 4) is 0 Å². The molecule has 4 nitrogen and oxygen atoms in total. The minimum Gasteiger partial charge on any atom is -0.480 e. The van der Waals surface area contributed by atoms with E-state index in [9.17, 15) is 9.59 Å². The van der Waals surface area contributed by atoms with Gasteiger partial charge in [0.25, 0.3) is 0 Å². The number of aliphatic carboxylic acids is 1. The zero-order chi connectivity index (χ0) is 15.1. The molecule has 0 aromatic rings. The van der Waals surface area contributed by atoms with E-state index in [1.807, 2.05) is 0 Å². The normalized spacial score (nSPS) is 17.5. The number of thiol groups is 5. The molecule has 0 radical (unpaired) electrons. The number of hydrogen-bond donors (Lipinski definition) is 6. The molecule has 0 aliphatic rings. The number of rotatable bonds is 10. The molecule has 0 aliphatic heterocycles. The lowest BCUT2D eigenvalue weighted by atomic mass is 9.93. The van der Waals surface area contributed by atoms with Crippen molar-refractivity contribution in [3.05, 3.63) is 0 Å². The third-order valence-electron chi connectivity index (χ3n) is 2.41. The Morgan fingerprint density at radius 2 is 1.53 bits per heavy atom. The molecule has 19 heavy (non-hydrogen) atoms. The average molecular weight is 363 g/mol. The Labute approximate surface area is 140 Å². The Bertz CT molecular complexity index is 300. The molecule has 2 unspecified atom stereocenters. The largest absolute Gasteiger partial charge is 0.480 e. The molecule has 0 aromatic heterocycles. The highest BCUT2D eigenvalue weighted by Gasteiger charge is 2.40. The smallest absolute Gasteiger partial charge is 0.329 e. The fourth-order valence-corrected chi connectivity index (χ4v) is 2.62. The maximum atomic E-state index is 11.8. The first-order chi connectivity index (χ1) is 8.77. The van der Waals surface area contributed by atoms with Crippen molar-refractivity contribution in [2.24, 2.45) is 0 Å². The van der Waals surface area contributed by atoms with E-state index in [-0.39, 0.29) is 23.3 Å². The van der Waals surface area contributed by atoms with Crippen LogP contribution >= 0.6 is 63.1 Å². The van der Waals surface area contributed by atoms with E-state index in [1.54, 1.807) is 0 Å². The molecule has 0 spiro atoms. The zero-order valence-corrected chi connectivity index (χ0v) is 14.6. The fraction of sp³-hybridized carbons (Fsp3) is 0.800. The van der Waals surface area contributed by atoms with Gasteiger partial charge in [-0.25, -0.2) is 4.79 Å².